The van der Waals surface area contributed by atoms with Gasteiger partial charge in [-0.15, -0.1) is 0 Å². The zero-order chi connectivity index (χ0) is 18.7. The molecule has 0 saturated carbocycles. The minimum absolute atomic E-state index is 0.0416. The summed E-state index contributed by atoms with van der Waals surface area (Å²) >= 11 is 0. The van der Waals surface area contributed by atoms with Crippen molar-refractivity contribution in [3.63, 3.8) is 0 Å². The van der Waals surface area contributed by atoms with E-state index in [-0.39, 0.29) is 5.92 Å². The molecular weight excluding hydrogens is 340 g/mol. The molecule has 0 saturated heterocycles. The number of hydrogen-bond acceptors (Lipinski definition) is 1. The van der Waals surface area contributed by atoms with Crippen molar-refractivity contribution in [2.24, 2.45) is 0 Å². The number of benzene rings is 3. The predicted molar refractivity (Wildman–Crippen MR) is 112 cm³/mol. The van der Waals surface area contributed by atoms with Crippen LogP contribution < -0.4 is 0 Å². The van der Waals surface area contributed by atoms with Gasteiger partial charge in [-0.3, -0.25) is 4.79 Å². The molecule has 0 aliphatic heterocycles. The maximum absolute atomic E-state index is 13.5. The monoisotopic (exact) mass is 364 g/mol. The Morgan fingerprint density at radius 3 is 2.14 bits per heavy atom. The molecule has 138 valence electrons. The number of Topliss-reactive ketones (excluding diaryl/α,β-unsaturated/α-hetero) is 1. The summed E-state index contributed by atoms with van der Waals surface area (Å²) in [6, 6.07) is 22.2. The Balaban J connectivity index is 1.51. The van der Waals surface area contributed by atoms with Crippen LogP contribution in [-0.4, -0.2) is 5.78 Å². The lowest BCUT2D eigenvalue weighted by molar-refractivity contribution is 0.0959. The van der Waals surface area contributed by atoms with Crippen molar-refractivity contribution in [2.45, 2.75) is 50.4 Å². The number of rotatable bonds is 0. The summed E-state index contributed by atoms with van der Waals surface area (Å²) in [5.74, 6) is 0.770. The minimum atomic E-state index is 0.0416. The zero-order valence-corrected chi connectivity index (χ0v) is 16.1. The first-order chi connectivity index (χ1) is 13.8. The van der Waals surface area contributed by atoms with Crippen molar-refractivity contribution in [2.75, 3.05) is 0 Å². The van der Waals surface area contributed by atoms with Gasteiger partial charge < -0.3 is 0 Å². The van der Waals surface area contributed by atoms with Crippen molar-refractivity contribution < 1.29 is 4.79 Å². The molecular formula is C27H24O. The van der Waals surface area contributed by atoms with Crippen LogP contribution in [0.25, 0.3) is 0 Å². The topological polar surface area (TPSA) is 17.1 Å². The van der Waals surface area contributed by atoms with Crippen molar-refractivity contribution in [3.8, 4) is 0 Å². The molecule has 0 unspecified atom stereocenters. The smallest absolute Gasteiger partial charge is 0.171 e. The van der Waals surface area contributed by atoms with E-state index < -0.39 is 0 Å². The van der Waals surface area contributed by atoms with E-state index in [2.05, 4.69) is 48.5 Å². The number of carbonyl (C=O) groups is 1. The minimum Gasteiger partial charge on any atom is -0.293 e. The molecule has 2 atom stereocenters. The molecule has 3 aromatic rings. The Morgan fingerprint density at radius 1 is 0.679 bits per heavy atom. The van der Waals surface area contributed by atoms with Crippen LogP contribution >= 0.6 is 0 Å². The van der Waals surface area contributed by atoms with Gasteiger partial charge in [-0.2, -0.15) is 0 Å². The average molecular weight is 364 g/mol. The van der Waals surface area contributed by atoms with E-state index in [1.807, 2.05) is 12.1 Å². The molecule has 0 N–H and O–H groups in total. The van der Waals surface area contributed by atoms with Gasteiger partial charge in [0.2, 0.25) is 0 Å². The van der Waals surface area contributed by atoms with Gasteiger partial charge in [-0.1, -0.05) is 60.7 Å². The molecule has 0 heterocycles. The molecule has 6 aliphatic rings. The van der Waals surface area contributed by atoms with Crippen LogP contribution in [0.4, 0.5) is 0 Å². The summed E-state index contributed by atoms with van der Waals surface area (Å²) in [4.78, 5) is 13.5. The van der Waals surface area contributed by atoms with E-state index in [0.717, 1.165) is 44.1 Å². The maximum Gasteiger partial charge on any atom is 0.171 e. The Morgan fingerprint density at radius 2 is 1.36 bits per heavy atom. The van der Waals surface area contributed by atoms with Gasteiger partial charge >= 0.3 is 0 Å². The first kappa shape index (κ1) is 16.3. The van der Waals surface area contributed by atoms with Gasteiger partial charge in [0.15, 0.2) is 5.78 Å². The number of aryl methyl sites for hydroxylation is 4. The van der Waals surface area contributed by atoms with Crippen LogP contribution in [0.3, 0.4) is 0 Å². The van der Waals surface area contributed by atoms with Crippen molar-refractivity contribution in [3.05, 3.63) is 105 Å². The molecule has 0 spiro atoms. The van der Waals surface area contributed by atoms with E-state index in [1.165, 1.54) is 38.9 Å². The fourth-order valence-electron chi connectivity index (χ4n) is 5.85. The van der Waals surface area contributed by atoms with E-state index >= 15 is 0 Å². The Hall–Kier alpha value is -2.67. The molecule has 0 radical (unpaired) electrons. The van der Waals surface area contributed by atoms with Crippen LogP contribution in [0.1, 0.15) is 67.6 Å². The number of carbonyl (C=O) groups excluding carboxylic acids is 1. The number of ketones is 1. The van der Waals surface area contributed by atoms with Crippen LogP contribution in [-0.2, 0) is 32.1 Å². The summed E-state index contributed by atoms with van der Waals surface area (Å²) in [5, 5.41) is 0. The Kier molecular flexibility index (Phi) is 3.59. The van der Waals surface area contributed by atoms with Gasteiger partial charge in [-0.05, 0) is 83.4 Å². The second kappa shape index (κ2) is 6.17. The third kappa shape index (κ3) is 2.35. The van der Waals surface area contributed by atoms with Crippen molar-refractivity contribution in [1.82, 2.24) is 0 Å². The van der Waals surface area contributed by atoms with Crippen molar-refractivity contribution >= 4 is 5.78 Å². The first-order valence-corrected chi connectivity index (χ1v) is 10.6. The largest absolute Gasteiger partial charge is 0.293 e. The van der Waals surface area contributed by atoms with Crippen LogP contribution in [0, 0.1) is 0 Å². The van der Waals surface area contributed by atoms with Gasteiger partial charge in [-0.25, -0.2) is 0 Å². The summed E-state index contributed by atoms with van der Waals surface area (Å²) < 4.78 is 0. The van der Waals surface area contributed by atoms with Gasteiger partial charge in [0.1, 0.15) is 0 Å². The molecule has 0 aromatic heterocycles. The quantitative estimate of drug-likeness (QED) is 0.509. The van der Waals surface area contributed by atoms with Gasteiger partial charge in [0.05, 0.1) is 5.92 Å². The second-order valence-electron chi connectivity index (χ2n) is 8.67. The SMILES string of the molecule is O=C1c2ccccc2[C@H]2CCc3c4ccc(c3[C@@H]12)CCc1ccc(cc1)CC4. The molecule has 6 aliphatic carbocycles. The third-order valence-electron chi connectivity index (χ3n) is 7.26. The molecule has 4 bridgehead atoms. The highest BCUT2D eigenvalue weighted by molar-refractivity contribution is 6.07. The maximum atomic E-state index is 13.5. The highest BCUT2D eigenvalue weighted by Crippen LogP contribution is 2.52. The van der Waals surface area contributed by atoms with E-state index in [9.17, 15) is 4.79 Å². The Bertz CT molecular complexity index is 1090. The predicted octanol–water partition coefficient (Wildman–Crippen LogP) is 5.58. The molecule has 9 rings (SSSR count). The third-order valence-corrected chi connectivity index (χ3v) is 7.26. The molecule has 1 heteroatoms. The summed E-state index contributed by atoms with van der Waals surface area (Å²) in [6.45, 7) is 0. The molecule has 0 fully saturated rings. The van der Waals surface area contributed by atoms with E-state index in [1.54, 1.807) is 0 Å². The lowest BCUT2D eigenvalue weighted by Gasteiger charge is -2.32. The highest BCUT2D eigenvalue weighted by atomic mass is 16.1. The van der Waals surface area contributed by atoms with Crippen LogP contribution in [0.15, 0.2) is 60.7 Å². The van der Waals surface area contributed by atoms with E-state index in [4.69, 9.17) is 0 Å². The fourth-order valence-corrected chi connectivity index (χ4v) is 5.85. The average Bonchev–Trinajstić information content (AvgIpc) is 3.03. The van der Waals surface area contributed by atoms with Gasteiger partial charge in [0.25, 0.3) is 0 Å². The molecule has 0 amide bonds. The normalized spacial score (nSPS) is 22.2. The van der Waals surface area contributed by atoms with Crippen LogP contribution in [0.2, 0.25) is 0 Å². The first-order valence-electron chi connectivity index (χ1n) is 10.6. The molecule has 3 aromatic carbocycles. The number of fused-ring (bicyclic) bond motifs is 3. The fraction of sp³-hybridized carbons (Fsp3) is 0.296. The van der Waals surface area contributed by atoms with E-state index in [0.29, 0.717) is 11.7 Å². The second-order valence-corrected chi connectivity index (χ2v) is 8.67. The summed E-state index contributed by atoms with van der Waals surface area (Å²) in [7, 11) is 0. The van der Waals surface area contributed by atoms with Crippen molar-refractivity contribution in [1.29, 1.82) is 0 Å². The van der Waals surface area contributed by atoms with Gasteiger partial charge in [0, 0.05) is 5.56 Å². The summed E-state index contributed by atoms with van der Waals surface area (Å²) in [5.41, 5.74) is 10.8. The lowest BCUT2D eigenvalue weighted by atomic mass is 9.71. The summed E-state index contributed by atoms with van der Waals surface area (Å²) in [6.07, 6.45) is 6.43. The lowest BCUT2D eigenvalue weighted by Crippen LogP contribution is -2.23. The molecule has 28 heavy (non-hydrogen) atoms. The standard InChI is InChI=1S/C27H24O/c28-27-24-4-2-1-3-22(24)23-16-15-21-19-11-9-17-5-7-18(8-6-17)10-12-20(14-13-19)25(21)26(23)27/h1-8,13-14,23,26H,9-12,15-16H2/t23-,26+/m1/s1. The highest BCUT2D eigenvalue weighted by Gasteiger charge is 2.44. The molecule has 1 nitrogen and oxygen atoms in total. The number of hydrogen-bond donors (Lipinski definition) is 0. The van der Waals surface area contributed by atoms with Crippen LogP contribution in [0.5, 0.6) is 0 Å². The Labute approximate surface area is 166 Å². The zero-order valence-electron chi connectivity index (χ0n) is 16.1.